The average molecular weight is 691 g/mol. The summed E-state index contributed by atoms with van der Waals surface area (Å²) >= 11 is 13.5. The number of hydrogen-bond donors (Lipinski definition) is 1. The van der Waals surface area contributed by atoms with Gasteiger partial charge in [0.05, 0.1) is 24.2 Å². The first kappa shape index (κ1) is 29.8. The maximum Gasteiger partial charge on any atom is 0.282 e. The van der Waals surface area contributed by atoms with E-state index in [9.17, 15) is 9.59 Å². The highest BCUT2D eigenvalue weighted by molar-refractivity contribution is 9.10. The van der Waals surface area contributed by atoms with Crippen molar-refractivity contribution >= 4 is 72.2 Å². The van der Waals surface area contributed by atoms with Gasteiger partial charge in [0, 0.05) is 26.6 Å². The molecule has 4 rings (SSSR count). The van der Waals surface area contributed by atoms with E-state index in [0.717, 1.165) is 22.9 Å². The van der Waals surface area contributed by atoms with Gasteiger partial charge in [-0.3, -0.25) is 9.59 Å². The zero-order valence-electron chi connectivity index (χ0n) is 22.1. The van der Waals surface area contributed by atoms with E-state index in [-0.39, 0.29) is 28.8 Å². The summed E-state index contributed by atoms with van der Waals surface area (Å²) in [6, 6.07) is 14.5. The summed E-state index contributed by atoms with van der Waals surface area (Å²) in [5.74, 6) is 0.715. The molecular formula is C29H27Br2ClN4O4. The Morgan fingerprint density at radius 2 is 1.93 bits per heavy atom. The van der Waals surface area contributed by atoms with Gasteiger partial charge in [-0.2, -0.15) is 9.78 Å². The third kappa shape index (κ3) is 6.92. The number of rotatable bonds is 10. The van der Waals surface area contributed by atoms with Crippen molar-refractivity contribution in [1.82, 2.24) is 9.66 Å². The lowest BCUT2D eigenvalue weighted by Gasteiger charge is -2.15. The number of carbonyl (C=O) groups is 1. The SMILES string of the molecule is CCCCc1nc2ccc(Br)cc2c(=O)n1N=Cc1cc(OC)c(OCC(=O)Nc2ccc(C)cc2)c(Cl)c1Br. The minimum atomic E-state index is -0.349. The Labute approximate surface area is 253 Å². The van der Waals surface area contributed by atoms with Crippen LogP contribution in [-0.2, 0) is 11.2 Å². The van der Waals surface area contributed by atoms with Crippen molar-refractivity contribution in [2.45, 2.75) is 33.1 Å². The zero-order chi connectivity index (χ0) is 28.8. The summed E-state index contributed by atoms with van der Waals surface area (Å²) in [7, 11) is 1.47. The molecule has 0 unspecified atom stereocenters. The normalized spacial score (nSPS) is 11.2. The van der Waals surface area contributed by atoms with E-state index in [2.05, 4.69) is 49.2 Å². The van der Waals surface area contributed by atoms with Gasteiger partial charge in [0.25, 0.3) is 11.5 Å². The summed E-state index contributed by atoms with van der Waals surface area (Å²) in [6.45, 7) is 3.76. The number of aryl methyl sites for hydroxylation is 2. The molecule has 0 spiro atoms. The zero-order valence-corrected chi connectivity index (χ0v) is 26.1. The second-order valence-electron chi connectivity index (χ2n) is 8.98. The van der Waals surface area contributed by atoms with Gasteiger partial charge < -0.3 is 14.8 Å². The molecule has 8 nitrogen and oxygen atoms in total. The van der Waals surface area contributed by atoms with Gasteiger partial charge in [0.2, 0.25) is 0 Å². The number of nitrogens with one attached hydrogen (secondary N) is 1. The number of amides is 1. The topological polar surface area (TPSA) is 94.8 Å². The van der Waals surface area contributed by atoms with E-state index in [1.54, 1.807) is 12.1 Å². The molecule has 0 saturated heterocycles. The Hall–Kier alpha value is -3.21. The van der Waals surface area contributed by atoms with Crippen molar-refractivity contribution in [3.8, 4) is 11.5 Å². The van der Waals surface area contributed by atoms with Crippen LogP contribution < -0.4 is 20.3 Å². The average Bonchev–Trinajstić information content (AvgIpc) is 2.94. The van der Waals surface area contributed by atoms with Gasteiger partial charge in [-0.1, -0.05) is 58.6 Å². The fourth-order valence-corrected chi connectivity index (χ4v) is 4.90. The molecule has 208 valence electrons. The Morgan fingerprint density at radius 3 is 2.62 bits per heavy atom. The molecule has 0 fully saturated rings. The summed E-state index contributed by atoms with van der Waals surface area (Å²) in [6.07, 6.45) is 3.91. The number of aromatic nitrogens is 2. The molecule has 40 heavy (non-hydrogen) atoms. The Bertz CT molecular complexity index is 1640. The summed E-state index contributed by atoms with van der Waals surface area (Å²) in [5, 5.41) is 7.93. The first-order chi connectivity index (χ1) is 19.2. The lowest BCUT2D eigenvalue weighted by atomic mass is 10.2. The number of hydrogen-bond acceptors (Lipinski definition) is 6. The smallest absolute Gasteiger partial charge is 0.282 e. The first-order valence-corrected chi connectivity index (χ1v) is 14.5. The molecule has 11 heteroatoms. The van der Waals surface area contributed by atoms with Crippen molar-refractivity contribution < 1.29 is 14.3 Å². The molecule has 0 radical (unpaired) electrons. The fourth-order valence-electron chi connectivity index (χ4n) is 3.89. The third-order valence-electron chi connectivity index (χ3n) is 6.00. The number of ether oxygens (including phenoxy) is 2. The Morgan fingerprint density at radius 1 is 1.18 bits per heavy atom. The molecule has 3 aromatic carbocycles. The Kier molecular flexibility index (Phi) is 9.99. The number of anilines is 1. The number of unbranched alkanes of at least 4 members (excludes halogenated alkanes) is 1. The maximum absolute atomic E-state index is 13.4. The molecule has 1 aromatic heterocycles. The van der Waals surface area contributed by atoms with Crippen LogP contribution >= 0.6 is 43.5 Å². The standard InChI is InChI=1S/C29H27Br2ClN4O4/c1-4-5-6-24-35-22-12-9-19(30)14-21(22)29(38)36(24)33-15-18-13-23(39-3)28(27(32)26(18)31)40-16-25(37)34-20-10-7-17(2)8-11-20/h7-15H,4-6,16H2,1-3H3,(H,34,37). The maximum atomic E-state index is 13.4. The highest BCUT2D eigenvalue weighted by atomic mass is 79.9. The molecular weight excluding hydrogens is 664 g/mol. The van der Waals surface area contributed by atoms with Crippen LogP contribution in [0.15, 0.2) is 67.4 Å². The van der Waals surface area contributed by atoms with E-state index >= 15 is 0 Å². The van der Waals surface area contributed by atoms with Crippen molar-refractivity contribution in [3.63, 3.8) is 0 Å². The monoisotopic (exact) mass is 688 g/mol. The summed E-state index contributed by atoms with van der Waals surface area (Å²) in [4.78, 5) is 30.5. The molecule has 0 aliphatic rings. The van der Waals surface area contributed by atoms with E-state index in [1.807, 2.05) is 43.3 Å². The van der Waals surface area contributed by atoms with Crippen LogP contribution in [0.3, 0.4) is 0 Å². The predicted molar refractivity (Wildman–Crippen MR) is 166 cm³/mol. The van der Waals surface area contributed by atoms with Gasteiger partial charge in [0.15, 0.2) is 18.1 Å². The predicted octanol–water partition coefficient (Wildman–Crippen LogP) is 7.13. The fraction of sp³-hybridized carbons (Fsp3) is 0.241. The van der Waals surface area contributed by atoms with Crippen LogP contribution in [0.5, 0.6) is 11.5 Å². The summed E-state index contributed by atoms with van der Waals surface area (Å²) in [5.41, 5.74) is 2.63. The largest absolute Gasteiger partial charge is 0.493 e. The van der Waals surface area contributed by atoms with Crippen molar-refractivity contribution in [2.24, 2.45) is 5.10 Å². The highest BCUT2D eigenvalue weighted by Gasteiger charge is 2.19. The highest BCUT2D eigenvalue weighted by Crippen LogP contribution is 2.42. The van der Waals surface area contributed by atoms with E-state index < -0.39 is 0 Å². The van der Waals surface area contributed by atoms with Gasteiger partial charge in [-0.05, 0) is 65.7 Å². The van der Waals surface area contributed by atoms with Crippen molar-refractivity contribution in [1.29, 1.82) is 0 Å². The van der Waals surface area contributed by atoms with Crippen LogP contribution in [0, 0.1) is 6.92 Å². The number of fused-ring (bicyclic) bond motifs is 1. The van der Waals surface area contributed by atoms with E-state index in [1.165, 1.54) is 18.0 Å². The number of carbonyl (C=O) groups excluding carboxylic acids is 1. The number of halogens is 3. The van der Waals surface area contributed by atoms with Crippen molar-refractivity contribution in [3.05, 3.63) is 89.8 Å². The molecule has 4 aromatic rings. The van der Waals surface area contributed by atoms with Crippen LogP contribution in [0.2, 0.25) is 5.02 Å². The Balaban J connectivity index is 1.62. The quantitative estimate of drug-likeness (QED) is 0.179. The van der Waals surface area contributed by atoms with Gasteiger partial charge >= 0.3 is 0 Å². The van der Waals surface area contributed by atoms with E-state index in [0.29, 0.717) is 44.6 Å². The third-order valence-corrected chi connectivity index (χ3v) is 7.94. The first-order valence-electron chi connectivity index (χ1n) is 12.5. The van der Waals surface area contributed by atoms with Crippen molar-refractivity contribution in [2.75, 3.05) is 19.0 Å². The van der Waals surface area contributed by atoms with Crippen LogP contribution in [0.4, 0.5) is 5.69 Å². The molecule has 1 heterocycles. The molecule has 0 aliphatic carbocycles. The molecule has 0 saturated carbocycles. The van der Waals surface area contributed by atoms with Gasteiger partial charge in [-0.25, -0.2) is 4.98 Å². The molecule has 0 atom stereocenters. The molecule has 1 N–H and O–H groups in total. The number of nitrogens with zero attached hydrogens (tertiary/aromatic N) is 3. The second kappa shape index (κ2) is 13.4. The number of methoxy groups -OCH3 is 1. The van der Waals surface area contributed by atoms with Gasteiger partial charge in [-0.15, -0.1) is 0 Å². The molecule has 0 bridgehead atoms. The van der Waals surface area contributed by atoms with E-state index in [4.69, 9.17) is 26.1 Å². The van der Waals surface area contributed by atoms with Crippen LogP contribution in [0.25, 0.3) is 10.9 Å². The second-order valence-corrected chi connectivity index (χ2v) is 11.1. The minimum Gasteiger partial charge on any atom is -0.493 e. The summed E-state index contributed by atoms with van der Waals surface area (Å²) < 4.78 is 13.8. The lowest BCUT2D eigenvalue weighted by molar-refractivity contribution is -0.118. The van der Waals surface area contributed by atoms with Crippen LogP contribution in [-0.4, -0.2) is 35.5 Å². The lowest BCUT2D eigenvalue weighted by Crippen LogP contribution is -2.22. The number of benzene rings is 3. The molecule has 1 amide bonds. The van der Waals surface area contributed by atoms with Gasteiger partial charge in [0.1, 0.15) is 10.8 Å². The minimum absolute atomic E-state index is 0.197. The molecule has 0 aliphatic heterocycles. The van der Waals surface area contributed by atoms with Crippen LogP contribution in [0.1, 0.15) is 36.7 Å².